The first-order chi connectivity index (χ1) is 8.98. The summed E-state index contributed by atoms with van der Waals surface area (Å²) in [7, 11) is 0. The number of hydrogen-bond donors (Lipinski definition) is 1. The lowest BCUT2D eigenvalue weighted by molar-refractivity contribution is 0.0928. The summed E-state index contributed by atoms with van der Waals surface area (Å²) in [6, 6.07) is 4.36. The second-order valence-electron chi connectivity index (χ2n) is 4.65. The quantitative estimate of drug-likeness (QED) is 0.706. The molecule has 0 radical (unpaired) electrons. The number of hydrogen-bond acceptors (Lipinski definition) is 1. The highest BCUT2D eigenvalue weighted by atomic mass is 79.9. The average molecular weight is 395 g/mol. The molecule has 0 spiro atoms. The second-order valence-corrected chi connectivity index (χ2v) is 6.12. The molecule has 0 saturated heterocycles. The Morgan fingerprint density at radius 3 is 2.53 bits per heavy atom. The van der Waals surface area contributed by atoms with Gasteiger partial charge in [0.2, 0.25) is 0 Å². The molecule has 0 aromatic heterocycles. The van der Waals surface area contributed by atoms with Gasteiger partial charge in [0.15, 0.2) is 0 Å². The fraction of sp³-hybridized carbons (Fsp3) is 0.500. The van der Waals surface area contributed by atoms with Crippen LogP contribution in [0.1, 0.15) is 37.0 Å². The maximum absolute atomic E-state index is 13.6. The van der Waals surface area contributed by atoms with E-state index in [1.807, 2.05) is 0 Å². The molecular weight excluding hydrogens is 377 g/mol. The summed E-state index contributed by atoms with van der Waals surface area (Å²) < 4.78 is 14.3. The van der Waals surface area contributed by atoms with Crippen molar-refractivity contribution in [3.63, 3.8) is 0 Å². The van der Waals surface area contributed by atoms with E-state index in [2.05, 4.69) is 51.0 Å². The van der Waals surface area contributed by atoms with Crippen LogP contribution in [0.25, 0.3) is 0 Å². The van der Waals surface area contributed by atoms with Crippen LogP contribution in [-0.2, 0) is 0 Å². The average Bonchev–Trinajstić information content (AvgIpc) is 2.43. The molecule has 0 unspecified atom stereocenters. The molecule has 1 aromatic rings. The maximum atomic E-state index is 13.6. The van der Waals surface area contributed by atoms with E-state index in [9.17, 15) is 9.18 Å². The molecule has 2 nitrogen and oxygen atoms in total. The van der Waals surface area contributed by atoms with Crippen LogP contribution in [0.4, 0.5) is 4.39 Å². The van der Waals surface area contributed by atoms with Crippen molar-refractivity contribution >= 4 is 37.8 Å². The lowest BCUT2D eigenvalue weighted by Crippen LogP contribution is -2.38. The maximum Gasteiger partial charge on any atom is 0.254 e. The van der Waals surface area contributed by atoms with Crippen molar-refractivity contribution in [2.45, 2.75) is 26.7 Å². The Balaban J connectivity index is 2.77. The largest absolute Gasteiger partial charge is 0.351 e. The third-order valence-electron chi connectivity index (χ3n) is 3.58. The van der Waals surface area contributed by atoms with Gasteiger partial charge in [0.25, 0.3) is 5.91 Å². The molecule has 1 amide bonds. The molecule has 0 bridgehead atoms. The third kappa shape index (κ3) is 4.28. The van der Waals surface area contributed by atoms with Crippen LogP contribution in [-0.4, -0.2) is 17.8 Å². The summed E-state index contributed by atoms with van der Waals surface area (Å²) in [5.74, 6) is -0.871. The van der Waals surface area contributed by atoms with E-state index in [1.165, 1.54) is 12.1 Å². The van der Waals surface area contributed by atoms with Crippen LogP contribution >= 0.6 is 31.9 Å². The summed E-state index contributed by atoms with van der Waals surface area (Å²) in [5, 5.41) is 3.64. The minimum atomic E-state index is -0.502. The molecule has 5 heteroatoms. The minimum Gasteiger partial charge on any atom is -0.351 e. The first-order valence-corrected chi connectivity index (χ1v) is 8.18. The van der Waals surface area contributed by atoms with Crippen molar-refractivity contribution in [3.05, 3.63) is 34.1 Å². The second kappa shape index (κ2) is 7.39. The third-order valence-corrected chi connectivity index (χ3v) is 5.26. The van der Waals surface area contributed by atoms with E-state index < -0.39 is 5.82 Å². The van der Waals surface area contributed by atoms with E-state index in [0.717, 1.165) is 18.2 Å². The van der Waals surface area contributed by atoms with Gasteiger partial charge in [-0.25, -0.2) is 4.39 Å². The molecule has 0 fully saturated rings. The first kappa shape index (κ1) is 16.6. The molecule has 0 aliphatic heterocycles. The molecule has 1 N–H and O–H groups in total. The number of rotatable bonds is 6. The zero-order valence-corrected chi connectivity index (χ0v) is 14.3. The van der Waals surface area contributed by atoms with Crippen LogP contribution in [0, 0.1) is 11.2 Å². The molecule has 0 heterocycles. The van der Waals surface area contributed by atoms with Gasteiger partial charge in [-0.2, -0.15) is 0 Å². The predicted octanol–water partition coefficient (Wildman–Crippen LogP) is 4.52. The van der Waals surface area contributed by atoms with Gasteiger partial charge in [0.05, 0.1) is 5.56 Å². The minimum absolute atomic E-state index is 0.0259. The van der Waals surface area contributed by atoms with Gasteiger partial charge in [-0.1, -0.05) is 45.7 Å². The van der Waals surface area contributed by atoms with Crippen molar-refractivity contribution in [2.24, 2.45) is 5.41 Å². The SMILES string of the molecule is CCC(CC)(CBr)CNC(=O)c1cc(Br)ccc1F. The Bertz CT molecular complexity index is 439. The van der Waals surface area contributed by atoms with E-state index in [4.69, 9.17) is 0 Å². The summed E-state index contributed by atoms with van der Waals surface area (Å²) >= 11 is 6.74. The molecule has 0 atom stereocenters. The van der Waals surface area contributed by atoms with E-state index in [-0.39, 0.29) is 16.9 Å². The normalized spacial score (nSPS) is 11.4. The number of carbonyl (C=O) groups excluding carboxylic acids is 1. The van der Waals surface area contributed by atoms with Crippen LogP contribution in [0.15, 0.2) is 22.7 Å². The van der Waals surface area contributed by atoms with Crippen molar-refractivity contribution in [3.8, 4) is 0 Å². The van der Waals surface area contributed by atoms with Gasteiger partial charge >= 0.3 is 0 Å². The number of halogens is 3. The van der Waals surface area contributed by atoms with Crippen LogP contribution in [0.3, 0.4) is 0 Å². The number of benzene rings is 1. The zero-order valence-electron chi connectivity index (χ0n) is 11.1. The summed E-state index contributed by atoms with van der Waals surface area (Å²) in [6.45, 7) is 4.73. The molecule has 1 rings (SSSR count). The van der Waals surface area contributed by atoms with Gasteiger partial charge in [-0.3, -0.25) is 4.79 Å². The number of carbonyl (C=O) groups is 1. The van der Waals surface area contributed by atoms with Crippen LogP contribution in [0.5, 0.6) is 0 Å². The van der Waals surface area contributed by atoms with E-state index in [0.29, 0.717) is 11.0 Å². The Morgan fingerprint density at radius 1 is 1.37 bits per heavy atom. The monoisotopic (exact) mass is 393 g/mol. The van der Waals surface area contributed by atoms with E-state index >= 15 is 0 Å². The van der Waals surface area contributed by atoms with Gasteiger partial charge in [-0.05, 0) is 36.5 Å². The summed E-state index contributed by atoms with van der Waals surface area (Å²) in [5.41, 5.74) is 0.100. The molecular formula is C14H18Br2FNO. The van der Waals surface area contributed by atoms with Crippen molar-refractivity contribution in [1.82, 2.24) is 5.32 Å². The topological polar surface area (TPSA) is 29.1 Å². The highest BCUT2D eigenvalue weighted by molar-refractivity contribution is 9.10. The van der Waals surface area contributed by atoms with Gasteiger partial charge in [0, 0.05) is 16.3 Å². The zero-order chi connectivity index (χ0) is 14.5. The highest BCUT2D eigenvalue weighted by Gasteiger charge is 2.26. The Morgan fingerprint density at radius 2 is 2.00 bits per heavy atom. The van der Waals surface area contributed by atoms with Gasteiger partial charge < -0.3 is 5.32 Å². The van der Waals surface area contributed by atoms with Crippen LogP contribution < -0.4 is 5.32 Å². The van der Waals surface area contributed by atoms with Crippen molar-refractivity contribution in [2.75, 3.05) is 11.9 Å². The fourth-order valence-corrected chi connectivity index (χ4v) is 3.12. The van der Waals surface area contributed by atoms with Gasteiger partial charge in [-0.15, -0.1) is 0 Å². The Kier molecular flexibility index (Phi) is 6.47. The molecule has 0 saturated carbocycles. The van der Waals surface area contributed by atoms with Crippen molar-refractivity contribution < 1.29 is 9.18 Å². The summed E-state index contributed by atoms with van der Waals surface area (Å²) in [4.78, 5) is 12.0. The molecule has 19 heavy (non-hydrogen) atoms. The standard InChI is InChI=1S/C14H18Br2FNO/c1-3-14(4-2,8-15)9-18-13(19)11-7-10(16)5-6-12(11)17/h5-7H,3-4,8-9H2,1-2H3,(H,18,19). The lowest BCUT2D eigenvalue weighted by atomic mass is 9.84. The lowest BCUT2D eigenvalue weighted by Gasteiger charge is -2.29. The van der Waals surface area contributed by atoms with E-state index in [1.54, 1.807) is 6.07 Å². The molecule has 0 aliphatic rings. The van der Waals surface area contributed by atoms with Crippen molar-refractivity contribution in [1.29, 1.82) is 0 Å². The number of amides is 1. The number of nitrogens with one attached hydrogen (secondary N) is 1. The molecule has 0 aliphatic carbocycles. The summed E-state index contributed by atoms with van der Waals surface area (Å²) in [6.07, 6.45) is 1.91. The van der Waals surface area contributed by atoms with Crippen LogP contribution in [0.2, 0.25) is 0 Å². The fourth-order valence-electron chi connectivity index (χ4n) is 1.77. The number of alkyl halides is 1. The smallest absolute Gasteiger partial charge is 0.254 e. The highest BCUT2D eigenvalue weighted by Crippen LogP contribution is 2.28. The van der Waals surface area contributed by atoms with Gasteiger partial charge in [0.1, 0.15) is 5.82 Å². The molecule has 106 valence electrons. The first-order valence-electron chi connectivity index (χ1n) is 6.27. The predicted molar refractivity (Wildman–Crippen MR) is 83.2 cm³/mol. The molecule has 1 aromatic carbocycles. The Hall–Kier alpha value is -0.420. The Labute approximate surface area is 130 Å².